The van der Waals surface area contributed by atoms with Crippen molar-refractivity contribution in [2.45, 2.75) is 26.7 Å². The van der Waals surface area contributed by atoms with Gasteiger partial charge in [-0.25, -0.2) is 4.79 Å². The maximum absolute atomic E-state index is 12.0. The van der Waals surface area contributed by atoms with Crippen molar-refractivity contribution in [3.8, 4) is 11.5 Å². The average Bonchev–Trinajstić information content (AvgIpc) is 2.57. The van der Waals surface area contributed by atoms with Gasteiger partial charge in [-0.1, -0.05) is 6.92 Å². The molecule has 1 saturated heterocycles. The van der Waals surface area contributed by atoms with Crippen LogP contribution in [0.15, 0.2) is 18.2 Å². The zero-order valence-electron chi connectivity index (χ0n) is 14.9. The molecule has 0 aromatic heterocycles. The van der Waals surface area contributed by atoms with Gasteiger partial charge >= 0.3 is 6.03 Å². The standard InChI is InChI=1S/C18H29N3O3/c1-4-24-17-13-15(5-6-16(17)23-3)20-18(22)19-9-12-21-10-7-14(2)8-11-21/h5-6,13-14H,4,7-12H2,1-3H3,(H2,19,20,22). The zero-order valence-corrected chi connectivity index (χ0v) is 14.9. The predicted molar refractivity (Wildman–Crippen MR) is 96.0 cm³/mol. The van der Waals surface area contributed by atoms with Crippen molar-refractivity contribution in [3.05, 3.63) is 18.2 Å². The molecule has 1 aromatic carbocycles. The molecule has 134 valence electrons. The Morgan fingerprint density at radius 3 is 2.71 bits per heavy atom. The van der Waals surface area contributed by atoms with Crippen LogP contribution in [-0.4, -0.2) is 50.8 Å². The summed E-state index contributed by atoms with van der Waals surface area (Å²) in [5, 5.41) is 5.74. The zero-order chi connectivity index (χ0) is 17.4. The Kier molecular flexibility index (Phi) is 7.18. The Hall–Kier alpha value is -1.95. The summed E-state index contributed by atoms with van der Waals surface area (Å²) in [7, 11) is 1.60. The summed E-state index contributed by atoms with van der Waals surface area (Å²) in [6, 6.07) is 5.16. The Bertz CT molecular complexity index is 528. The number of anilines is 1. The highest BCUT2D eigenvalue weighted by atomic mass is 16.5. The molecule has 24 heavy (non-hydrogen) atoms. The number of hydrogen-bond acceptors (Lipinski definition) is 4. The van der Waals surface area contributed by atoms with E-state index < -0.39 is 0 Å². The van der Waals surface area contributed by atoms with E-state index >= 15 is 0 Å². The first-order chi connectivity index (χ1) is 11.6. The van der Waals surface area contributed by atoms with Crippen molar-refractivity contribution in [2.24, 2.45) is 5.92 Å². The van der Waals surface area contributed by atoms with E-state index in [1.54, 1.807) is 25.3 Å². The lowest BCUT2D eigenvalue weighted by atomic mass is 9.99. The maximum Gasteiger partial charge on any atom is 0.319 e. The smallest absolute Gasteiger partial charge is 0.319 e. The molecule has 0 unspecified atom stereocenters. The van der Waals surface area contributed by atoms with Gasteiger partial charge in [0.2, 0.25) is 0 Å². The third-order valence-corrected chi connectivity index (χ3v) is 4.31. The molecular formula is C18H29N3O3. The number of urea groups is 1. The molecule has 0 aliphatic carbocycles. The van der Waals surface area contributed by atoms with Crippen LogP contribution in [0.5, 0.6) is 11.5 Å². The van der Waals surface area contributed by atoms with Crippen molar-refractivity contribution in [2.75, 3.05) is 45.2 Å². The van der Waals surface area contributed by atoms with Crippen LogP contribution in [0, 0.1) is 5.92 Å². The number of piperidine rings is 1. The lowest BCUT2D eigenvalue weighted by Gasteiger charge is -2.30. The topological polar surface area (TPSA) is 62.8 Å². The fourth-order valence-electron chi connectivity index (χ4n) is 2.81. The third kappa shape index (κ3) is 5.60. The van der Waals surface area contributed by atoms with E-state index in [2.05, 4.69) is 22.5 Å². The van der Waals surface area contributed by atoms with Gasteiger partial charge in [0.15, 0.2) is 11.5 Å². The molecule has 0 radical (unpaired) electrons. The molecular weight excluding hydrogens is 306 g/mol. The number of nitrogens with one attached hydrogen (secondary N) is 2. The number of ether oxygens (including phenoxy) is 2. The number of carbonyl (C=O) groups excluding carboxylic acids is 1. The lowest BCUT2D eigenvalue weighted by Crippen LogP contribution is -2.40. The number of carbonyl (C=O) groups is 1. The van der Waals surface area contributed by atoms with Crippen LogP contribution in [0.4, 0.5) is 10.5 Å². The Labute approximate surface area is 144 Å². The van der Waals surface area contributed by atoms with Crippen LogP contribution in [0.2, 0.25) is 0 Å². The van der Waals surface area contributed by atoms with Crippen molar-refractivity contribution in [1.29, 1.82) is 0 Å². The first-order valence-corrected chi connectivity index (χ1v) is 8.70. The number of hydrogen-bond donors (Lipinski definition) is 2. The highest BCUT2D eigenvalue weighted by Crippen LogP contribution is 2.30. The van der Waals surface area contributed by atoms with Crippen LogP contribution in [0.1, 0.15) is 26.7 Å². The normalized spacial score (nSPS) is 15.8. The van der Waals surface area contributed by atoms with E-state index in [1.807, 2.05) is 6.92 Å². The van der Waals surface area contributed by atoms with Crippen molar-refractivity contribution >= 4 is 11.7 Å². The average molecular weight is 335 g/mol. The molecule has 1 heterocycles. The highest BCUT2D eigenvalue weighted by molar-refractivity contribution is 5.89. The van der Waals surface area contributed by atoms with Gasteiger partial charge in [0.05, 0.1) is 13.7 Å². The second-order valence-corrected chi connectivity index (χ2v) is 6.20. The van der Waals surface area contributed by atoms with Gasteiger partial charge in [-0.2, -0.15) is 0 Å². The Morgan fingerprint density at radius 2 is 2.04 bits per heavy atom. The van der Waals surface area contributed by atoms with E-state index in [1.165, 1.54) is 12.8 Å². The summed E-state index contributed by atoms with van der Waals surface area (Å²) in [6.07, 6.45) is 2.50. The van der Waals surface area contributed by atoms with E-state index in [9.17, 15) is 4.79 Å². The van der Waals surface area contributed by atoms with E-state index in [4.69, 9.17) is 9.47 Å². The summed E-state index contributed by atoms with van der Waals surface area (Å²) < 4.78 is 10.8. The lowest BCUT2D eigenvalue weighted by molar-refractivity contribution is 0.192. The summed E-state index contributed by atoms with van der Waals surface area (Å²) in [4.78, 5) is 14.4. The fourth-order valence-corrected chi connectivity index (χ4v) is 2.81. The molecule has 0 bridgehead atoms. The molecule has 2 N–H and O–H groups in total. The van der Waals surface area contributed by atoms with Gasteiger partial charge in [0.1, 0.15) is 0 Å². The van der Waals surface area contributed by atoms with Crippen LogP contribution in [0.25, 0.3) is 0 Å². The summed E-state index contributed by atoms with van der Waals surface area (Å²) in [5.41, 5.74) is 0.684. The van der Waals surface area contributed by atoms with E-state index in [0.717, 1.165) is 25.6 Å². The second kappa shape index (κ2) is 9.37. The van der Waals surface area contributed by atoms with Crippen molar-refractivity contribution < 1.29 is 14.3 Å². The minimum absolute atomic E-state index is 0.201. The quantitative estimate of drug-likeness (QED) is 0.804. The summed E-state index contributed by atoms with van der Waals surface area (Å²) >= 11 is 0. The monoisotopic (exact) mass is 335 g/mol. The number of nitrogens with zero attached hydrogens (tertiary/aromatic N) is 1. The molecule has 1 aliphatic heterocycles. The van der Waals surface area contributed by atoms with Gasteiger partial charge in [0.25, 0.3) is 0 Å². The third-order valence-electron chi connectivity index (χ3n) is 4.31. The van der Waals surface area contributed by atoms with Crippen LogP contribution in [0.3, 0.4) is 0 Å². The molecule has 6 nitrogen and oxygen atoms in total. The second-order valence-electron chi connectivity index (χ2n) is 6.20. The van der Waals surface area contributed by atoms with Gasteiger partial charge in [-0.15, -0.1) is 0 Å². The minimum atomic E-state index is -0.201. The summed E-state index contributed by atoms with van der Waals surface area (Å²) in [5.74, 6) is 2.11. The number of rotatable bonds is 7. The van der Waals surface area contributed by atoms with Crippen molar-refractivity contribution in [3.63, 3.8) is 0 Å². The molecule has 2 amide bonds. The number of methoxy groups -OCH3 is 1. The highest BCUT2D eigenvalue weighted by Gasteiger charge is 2.15. The van der Waals surface area contributed by atoms with E-state index in [-0.39, 0.29) is 6.03 Å². The molecule has 1 fully saturated rings. The summed E-state index contributed by atoms with van der Waals surface area (Å²) in [6.45, 7) is 8.55. The van der Waals surface area contributed by atoms with Gasteiger partial charge in [-0.3, -0.25) is 0 Å². The first-order valence-electron chi connectivity index (χ1n) is 8.70. The fraction of sp³-hybridized carbons (Fsp3) is 0.611. The Morgan fingerprint density at radius 1 is 1.29 bits per heavy atom. The molecule has 0 atom stereocenters. The molecule has 0 saturated carbocycles. The molecule has 6 heteroatoms. The number of likely N-dealkylation sites (tertiary alicyclic amines) is 1. The van der Waals surface area contributed by atoms with Crippen LogP contribution in [-0.2, 0) is 0 Å². The largest absolute Gasteiger partial charge is 0.493 e. The number of benzene rings is 1. The molecule has 1 aliphatic rings. The van der Waals surface area contributed by atoms with E-state index in [0.29, 0.717) is 30.3 Å². The minimum Gasteiger partial charge on any atom is -0.493 e. The molecule has 0 spiro atoms. The first kappa shape index (κ1) is 18.4. The predicted octanol–water partition coefficient (Wildman–Crippen LogP) is 2.95. The SMILES string of the molecule is CCOc1cc(NC(=O)NCCN2CCC(C)CC2)ccc1OC. The molecule has 1 aromatic rings. The van der Waals surface area contributed by atoms with Gasteiger partial charge < -0.3 is 25.0 Å². The van der Waals surface area contributed by atoms with Gasteiger partial charge in [-0.05, 0) is 50.9 Å². The molecule has 2 rings (SSSR count). The Balaban J connectivity index is 1.76. The van der Waals surface area contributed by atoms with Crippen molar-refractivity contribution in [1.82, 2.24) is 10.2 Å². The maximum atomic E-state index is 12.0. The number of amides is 2. The van der Waals surface area contributed by atoms with Crippen LogP contribution >= 0.6 is 0 Å². The van der Waals surface area contributed by atoms with Gasteiger partial charge in [0, 0.05) is 24.8 Å². The van der Waals surface area contributed by atoms with Crippen LogP contribution < -0.4 is 20.1 Å².